The van der Waals surface area contributed by atoms with Gasteiger partial charge in [-0.1, -0.05) is 19.3 Å². The lowest BCUT2D eigenvalue weighted by Crippen LogP contribution is -2.38. The van der Waals surface area contributed by atoms with Crippen LogP contribution in [0, 0.1) is 5.92 Å². The molecule has 2 aliphatic rings. The second kappa shape index (κ2) is 7.34. The summed E-state index contributed by atoms with van der Waals surface area (Å²) in [4.78, 5) is 2.38. The standard InChI is InChI=1S/C14H28N2O/c17-14(12-16-8-4-5-9-16)11-15-10-13-6-2-1-3-7-13/h13-15,17H,1-12H2. The Hall–Kier alpha value is -0.120. The van der Waals surface area contributed by atoms with Gasteiger partial charge in [0, 0.05) is 13.1 Å². The normalized spacial score (nSPS) is 25.2. The Kier molecular flexibility index (Phi) is 5.75. The molecule has 1 saturated heterocycles. The first-order valence-corrected chi connectivity index (χ1v) is 7.46. The Morgan fingerprint density at radius 3 is 2.47 bits per heavy atom. The van der Waals surface area contributed by atoms with Gasteiger partial charge in [-0.05, 0) is 51.2 Å². The van der Waals surface area contributed by atoms with E-state index in [9.17, 15) is 5.11 Å². The van der Waals surface area contributed by atoms with E-state index in [1.165, 1.54) is 58.0 Å². The SMILES string of the molecule is OC(CNCC1CCCCC1)CN1CCCC1. The lowest BCUT2D eigenvalue weighted by Gasteiger charge is -2.24. The Morgan fingerprint density at radius 2 is 1.76 bits per heavy atom. The van der Waals surface area contributed by atoms with Gasteiger partial charge in [0.15, 0.2) is 0 Å². The van der Waals surface area contributed by atoms with Crippen LogP contribution < -0.4 is 5.32 Å². The van der Waals surface area contributed by atoms with Gasteiger partial charge >= 0.3 is 0 Å². The van der Waals surface area contributed by atoms with Crippen molar-refractivity contribution in [2.75, 3.05) is 32.7 Å². The second-order valence-electron chi connectivity index (χ2n) is 5.82. The molecule has 0 amide bonds. The smallest absolute Gasteiger partial charge is 0.0791 e. The van der Waals surface area contributed by atoms with E-state index < -0.39 is 0 Å². The Morgan fingerprint density at radius 1 is 1.06 bits per heavy atom. The summed E-state index contributed by atoms with van der Waals surface area (Å²) in [5, 5.41) is 13.4. The monoisotopic (exact) mass is 240 g/mol. The van der Waals surface area contributed by atoms with E-state index in [1.54, 1.807) is 0 Å². The van der Waals surface area contributed by atoms with Crippen molar-refractivity contribution in [3.63, 3.8) is 0 Å². The molecule has 1 heterocycles. The molecule has 1 aliphatic carbocycles. The van der Waals surface area contributed by atoms with Gasteiger partial charge < -0.3 is 15.3 Å². The quantitative estimate of drug-likeness (QED) is 0.740. The largest absolute Gasteiger partial charge is 0.390 e. The molecule has 3 nitrogen and oxygen atoms in total. The molecule has 2 rings (SSSR count). The number of β-amino-alcohol motifs (C(OH)–C–C–N with tert-alkyl or cyclic N) is 1. The lowest BCUT2D eigenvalue weighted by molar-refractivity contribution is 0.121. The van der Waals surface area contributed by atoms with Gasteiger partial charge in [0.05, 0.1) is 6.10 Å². The fourth-order valence-corrected chi connectivity index (χ4v) is 3.17. The first-order valence-electron chi connectivity index (χ1n) is 7.46. The third kappa shape index (κ3) is 4.94. The summed E-state index contributed by atoms with van der Waals surface area (Å²) in [6, 6.07) is 0. The van der Waals surface area contributed by atoms with Crippen molar-refractivity contribution in [2.24, 2.45) is 5.92 Å². The van der Waals surface area contributed by atoms with Crippen LogP contribution in [0.2, 0.25) is 0 Å². The molecule has 1 saturated carbocycles. The van der Waals surface area contributed by atoms with Gasteiger partial charge in [0.2, 0.25) is 0 Å². The summed E-state index contributed by atoms with van der Waals surface area (Å²) < 4.78 is 0. The zero-order chi connectivity index (χ0) is 11.9. The molecule has 100 valence electrons. The molecule has 0 aromatic rings. The first-order chi connectivity index (χ1) is 8.34. The van der Waals surface area contributed by atoms with E-state index >= 15 is 0 Å². The number of nitrogens with one attached hydrogen (secondary N) is 1. The minimum Gasteiger partial charge on any atom is -0.390 e. The van der Waals surface area contributed by atoms with Gasteiger partial charge in [-0.15, -0.1) is 0 Å². The predicted octanol–water partition coefficient (Wildman–Crippen LogP) is 1.61. The van der Waals surface area contributed by atoms with Crippen molar-refractivity contribution >= 4 is 0 Å². The van der Waals surface area contributed by atoms with Gasteiger partial charge in [-0.25, -0.2) is 0 Å². The number of aliphatic hydroxyl groups is 1. The fraction of sp³-hybridized carbons (Fsp3) is 1.00. The molecule has 1 unspecified atom stereocenters. The Labute approximate surface area is 106 Å². The summed E-state index contributed by atoms with van der Waals surface area (Å²) in [5.41, 5.74) is 0. The van der Waals surface area contributed by atoms with E-state index in [1.807, 2.05) is 0 Å². The highest BCUT2D eigenvalue weighted by molar-refractivity contribution is 4.73. The highest BCUT2D eigenvalue weighted by Crippen LogP contribution is 2.22. The van der Waals surface area contributed by atoms with E-state index in [2.05, 4.69) is 10.2 Å². The van der Waals surface area contributed by atoms with Crippen LogP contribution >= 0.6 is 0 Å². The Bertz CT molecular complexity index is 198. The van der Waals surface area contributed by atoms with Crippen LogP contribution in [0.4, 0.5) is 0 Å². The first kappa shape index (κ1) is 13.3. The van der Waals surface area contributed by atoms with Crippen molar-refractivity contribution in [1.82, 2.24) is 10.2 Å². The molecule has 2 fully saturated rings. The molecular weight excluding hydrogens is 212 g/mol. The lowest BCUT2D eigenvalue weighted by atomic mass is 9.89. The molecule has 3 heteroatoms. The highest BCUT2D eigenvalue weighted by atomic mass is 16.3. The molecule has 0 bridgehead atoms. The molecule has 2 N–H and O–H groups in total. The van der Waals surface area contributed by atoms with E-state index in [-0.39, 0.29) is 6.10 Å². The Balaban J connectivity index is 1.51. The van der Waals surface area contributed by atoms with Crippen LogP contribution in [0.5, 0.6) is 0 Å². The van der Waals surface area contributed by atoms with Crippen molar-refractivity contribution in [2.45, 2.75) is 51.0 Å². The number of hydrogen-bond acceptors (Lipinski definition) is 3. The van der Waals surface area contributed by atoms with Crippen LogP contribution in [0.25, 0.3) is 0 Å². The molecular formula is C14H28N2O. The summed E-state index contributed by atoms with van der Waals surface area (Å²) in [6.45, 7) is 5.10. The third-order valence-corrected chi connectivity index (χ3v) is 4.21. The van der Waals surface area contributed by atoms with Gasteiger partial charge in [-0.3, -0.25) is 0 Å². The topological polar surface area (TPSA) is 35.5 Å². The average molecular weight is 240 g/mol. The van der Waals surface area contributed by atoms with Gasteiger partial charge in [0.25, 0.3) is 0 Å². The van der Waals surface area contributed by atoms with Gasteiger partial charge in [0.1, 0.15) is 0 Å². The molecule has 17 heavy (non-hydrogen) atoms. The van der Waals surface area contributed by atoms with Crippen molar-refractivity contribution in [3.8, 4) is 0 Å². The zero-order valence-corrected chi connectivity index (χ0v) is 11.0. The number of aliphatic hydroxyl groups excluding tert-OH is 1. The number of rotatable bonds is 6. The van der Waals surface area contributed by atoms with Gasteiger partial charge in [-0.2, -0.15) is 0 Å². The van der Waals surface area contributed by atoms with Crippen molar-refractivity contribution in [3.05, 3.63) is 0 Å². The van der Waals surface area contributed by atoms with Crippen LogP contribution in [0.1, 0.15) is 44.9 Å². The molecule has 1 aliphatic heterocycles. The van der Waals surface area contributed by atoms with Crippen molar-refractivity contribution in [1.29, 1.82) is 0 Å². The van der Waals surface area contributed by atoms with Crippen LogP contribution in [-0.4, -0.2) is 48.8 Å². The molecule has 0 radical (unpaired) electrons. The highest BCUT2D eigenvalue weighted by Gasteiger charge is 2.16. The fourth-order valence-electron chi connectivity index (χ4n) is 3.17. The maximum absolute atomic E-state index is 9.93. The number of nitrogens with zero attached hydrogens (tertiary/aromatic N) is 1. The predicted molar refractivity (Wildman–Crippen MR) is 71.1 cm³/mol. The maximum atomic E-state index is 9.93. The summed E-state index contributed by atoms with van der Waals surface area (Å²) in [7, 11) is 0. The maximum Gasteiger partial charge on any atom is 0.0791 e. The van der Waals surface area contributed by atoms with Crippen LogP contribution in [0.3, 0.4) is 0 Å². The summed E-state index contributed by atoms with van der Waals surface area (Å²) >= 11 is 0. The average Bonchev–Trinajstić information content (AvgIpc) is 2.83. The number of hydrogen-bond donors (Lipinski definition) is 2. The zero-order valence-electron chi connectivity index (χ0n) is 11.0. The minimum atomic E-state index is -0.184. The van der Waals surface area contributed by atoms with E-state index in [0.29, 0.717) is 0 Å². The molecule has 0 spiro atoms. The molecule has 0 aromatic heterocycles. The van der Waals surface area contributed by atoms with E-state index in [0.717, 1.165) is 25.6 Å². The van der Waals surface area contributed by atoms with Crippen LogP contribution in [0.15, 0.2) is 0 Å². The minimum absolute atomic E-state index is 0.184. The summed E-state index contributed by atoms with van der Waals surface area (Å²) in [6.07, 6.45) is 9.44. The van der Waals surface area contributed by atoms with Crippen LogP contribution in [-0.2, 0) is 0 Å². The van der Waals surface area contributed by atoms with Crippen molar-refractivity contribution < 1.29 is 5.11 Å². The molecule has 1 atom stereocenters. The van der Waals surface area contributed by atoms with E-state index in [4.69, 9.17) is 0 Å². The molecule has 0 aromatic carbocycles. The third-order valence-electron chi connectivity index (χ3n) is 4.21. The number of likely N-dealkylation sites (tertiary alicyclic amines) is 1. The second-order valence-corrected chi connectivity index (χ2v) is 5.82. The summed E-state index contributed by atoms with van der Waals surface area (Å²) in [5.74, 6) is 0.864.